The summed E-state index contributed by atoms with van der Waals surface area (Å²) in [5, 5.41) is 2.79. The summed E-state index contributed by atoms with van der Waals surface area (Å²) in [7, 11) is 0. The largest absolute Gasteiger partial charge is 0.342 e. The average molecular weight is 224 g/mol. The maximum absolute atomic E-state index is 12.4. The quantitative estimate of drug-likeness (QED) is 0.724. The second-order valence-corrected chi connectivity index (χ2v) is 5.73. The van der Waals surface area contributed by atoms with Crippen LogP contribution in [0.5, 0.6) is 0 Å². The summed E-state index contributed by atoms with van der Waals surface area (Å²) < 4.78 is 0. The van der Waals surface area contributed by atoms with Crippen LogP contribution < -0.4 is 5.32 Å². The zero-order valence-electron chi connectivity index (χ0n) is 10.3. The topological polar surface area (TPSA) is 49.4 Å². The maximum atomic E-state index is 12.4. The summed E-state index contributed by atoms with van der Waals surface area (Å²) in [4.78, 5) is 25.8. The standard InChI is InChI=1S/C12H20N2O2/c1-11(2)10(16)14(8-5-9(15)13-11)12(3)6-4-7-12/h4-8H2,1-3H3,(H,13,15). The van der Waals surface area contributed by atoms with E-state index in [0.717, 1.165) is 12.8 Å². The molecule has 16 heavy (non-hydrogen) atoms. The lowest BCUT2D eigenvalue weighted by Gasteiger charge is -2.49. The highest BCUT2D eigenvalue weighted by Gasteiger charge is 2.46. The van der Waals surface area contributed by atoms with E-state index in [1.54, 1.807) is 13.8 Å². The predicted molar refractivity (Wildman–Crippen MR) is 60.8 cm³/mol. The molecule has 1 heterocycles. The van der Waals surface area contributed by atoms with Crippen molar-refractivity contribution < 1.29 is 9.59 Å². The molecule has 0 atom stereocenters. The van der Waals surface area contributed by atoms with E-state index >= 15 is 0 Å². The zero-order chi connectivity index (χ0) is 12.0. The molecule has 4 nitrogen and oxygen atoms in total. The summed E-state index contributed by atoms with van der Waals surface area (Å²) in [5.74, 6) is 0.0318. The Morgan fingerprint density at radius 1 is 1.19 bits per heavy atom. The van der Waals surface area contributed by atoms with Gasteiger partial charge in [0.2, 0.25) is 11.8 Å². The molecule has 1 aliphatic heterocycles. The molecule has 1 saturated heterocycles. The van der Waals surface area contributed by atoms with Gasteiger partial charge in [0.1, 0.15) is 5.54 Å². The number of hydrogen-bond acceptors (Lipinski definition) is 2. The lowest BCUT2D eigenvalue weighted by atomic mass is 9.76. The fourth-order valence-corrected chi connectivity index (χ4v) is 2.59. The van der Waals surface area contributed by atoms with E-state index in [2.05, 4.69) is 12.2 Å². The van der Waals surface area contributed by atoms with Crippen molar-refractivity contribution in [2.75, 3.05) is 6.54 Å². The van der Waals surface area contributed by atoms with E-state index < -0.39 is 5.54 Å². The number of amides is 2. The molecule has 0 aromatic heterocycles. The van der Waals surface area contributed by atoms with E-state index in [9.17, 15) is 9.59 Å². The fourth-order valence-electron chi connectivity index (χ4n) is 2.59. The Bertz CT molecular complexity index is 332. The smallest absolute Gasteiger partial charge is 0.248 e. The molecule has 2 fully saturated rings. The minimum absolute atomic E-state index is 0.0132. The third kappa shape index (κ3) is 1.70. The second-order valence-electron chi connectivity index (χ2n) is 5.73. The highest BCUT2D eigenvalue weighted by molar-refractivity contribution is 5.93. The number of nitrogens with zero attached hydrogens (tertiary/aromatic N) is 1. The van der Waals surface area contributed by atoms with Gasteiger partial charge in [0.05, 0.1) is 0 Å². The average Bonchev–Trinajstić information content (AvgIpc) is 2.22. The Hall–Kier alpha value is -1.06. The van der Waals surface area contributed by atoms with Crippen molar-refractivity contribution in [3.8, 4) is 0 Å². The van der Waals surface area contributed by atoms with Crippen LogP contribution in [0.15, 0.2) is 0 Å². The molecule has 2 aliphatic rings. The number of nitrogens with one attached hydrogen (secondary N) is 1. The van der Waals surface area contributed by atoms with Gasteiger partial charge in [-0.15, -0.1) is 0 Å². The van der Waals surface area contributed by atoms with Crippen molar-refractivity contribution in [2.45, 2.75) is 57.5 Å². The van der Waals surface area contributed by atoms with Gasteiger partial charge in [-0.25, -0.2) is 0 Å². The summed E-state index contributed by atoms with van der Waals surface area (Å²) in [6.45, 7) is 6.26. The van der Waals surface area contributed by atoms with Gasteiger partial charge in [-0.3, -0.25) is 9.59 Å². The molecule has 90 valence electrons. The SMILES string of the molecule is CC1(C)NC(=O)CCN(C2(C)CCC2)C1=O. The van der Waals surface area contributed by atoms with Crippen molar-refractivity contribution in [1.29, 1.82) is 0 Å². The minimum Gasteiger partial charge on any atom is -0.342 e. The van der Waals surface area contributed by atoms with Crippen molar-refractivity contribution in [3.63, 3.8) is 0 Å². The third-order valence-corrected chi connectivity index (χ3v) is 3.88. The van der Waals surface area contributed by atoms with Crippen LogP contribution in [-0.2, 0) is 9.59 Å². The van der Waals surface area contributed by atoms with Gasteiger partial charge in [-0.2, -0.15) is 0 Å². The van der Waals surface area contributed by atoms with Gasteiger partial charge in [-0.1, -0.05) is 0 Å². The molecule has 1 saturated carbocycles. The van der Waals surface area contributed by atoms with Crippen LogP contribution in [0.25, 0.3) is 0 Å². The molecule has 4 heteroatoms. The summed E-state index contributed by atoms with van der Waals surface area (Å²) in [6.07, 6.45) is 3.72. The number of rotatable bonds is 1. The first-order valence-electron chi connectivity index (χ1n) is 5.98. The van der Waals surface area contributed by atoms with Gasteiger partial charge in [0, 0.05) is 18.5 Å². The molecule has 0 bridgehead atoms. The summed E-state index contributed by atoms with van der Waals surface area (Å²) >= 11 is 0. The van der Waals surface area contributed by atoms with E-state index in [1.807, 2.05) is 4.90 Å². The van der Waals surface area contributed by atoms with Gasteiger partial charge in [0.25, 0.3) is 0 Å². The molecule has 2 amide bonds. The van der Waals surface area contributed by atoms with E-state index in [4.69, 9.17) is 0 Å². The van der Waals surface area contributed by atoms with Crippen LogP contribution in [0.1, 0.15) is 46.5 Å². The van der Waals surface area contributed by atoms with E-state index in [-0.39, 0.29) is 17.4 Å². The Morgan fingerprint density at radius 3 is 2.31 bits per heavy atom. The Balaban J connectivity index is 2.25. The van der Waals surface area contributed by atoms with Crippen LogP contribution in [-0.4, -0.2) is 34.3 Å². The first-order chi connectivity index (χ1) is 7.35. The van der Waals surface area contributed by atoms with Crippen molar-refractivity contribution in [3.05, 3.63) is 0 Å². The first-order valence-corrected chi connectivity index (χ1v) is 5.98. The number of hydrogen-bond donors (Lipinski definition) is 1. The van der Waals surface area contributed by atoms with Gasteiger partial charge < -0.3 is 10.2 Å². The van der Waals surface area contributed by atoms with Gasteiger partial charge in [-0.05, 0) is 40.0 Å². The zero-order valence-corrected chi connectivity index (χ0v) is 10.3. The number of carbonyl (C=O) groups excluding carboxylic acids is 2. The van der Waals surface area contributed by atoms with Gasteiger partial charge in [0.15, 0.2) is 0 Å². The van der Waals surface area contributed by atoms with E-state index in [0.29, 0.717) is 13.0 Å². The maximum Gasteiger partial charge on any atom is 0.248 e. The summed E-state index contributed by atoms with van der Waals surface area (Å²) in [5.41, 5.74) is -0.771. The predicted octanol–water partition coefficient (Wildman–Crippen LogP) is 1.06. The van der Waals surface area contributed by atoms with Crippen LogP contribution in [0.3, 0.4) is 0 Å². The van der Waals surface area contributed by atoms with E-state index in [1.165, 1.54) is 6.42 Å². The third-order valence-electron chi connectivity index (χ3n) is 3.88. The monoisotopic (exact) mass is 224 g/mol. The second kappa shape index (κ2) is 3.47. The highest BCUT2D eigenvalue weighted by atomic mass is 16.2. The summed E-state index contributed by atoms with van der Waals surface area (Å²) in [6, 6.07) is 0. The van der Waals surface area contributed by atoms with Crippen LogP contribution in [0, 0.1) is 0 Å². The fraction of sp³-hybridized carbons (Fsp3) is 0.833. The Morgan fingerprint density at radius 2 is 1.81 bits per heavy atom. The van der Waals surface area contributed by atoms with Crippen molar-refractivity contribution in [2.24, 2.45) is 0 Å². The lowest BCUT2D eigenvalue weighted by molar-refractivity contribution is -0.145. The highest BCUT2D eigenvalue weighted by Crippen LogP contribution is 2.38. The van der Waals surface area contributed by atoms with Crippen molar-refractivity contribution >= 4 is 11.8 Å². The minimum atomic E-state index is -0.758. The normalized spacial score (nSPS) is 28.1. The van der Waals surface area contributed by atoms with Gasteiger partial charge >= 0.3 is 0 Å². The Labute approximate surface area is 96.4 Å². The molecule has 1 aliphatic carbocycles. The molecular formula is C12H20N2O2. The molecule has 0 radical (unpaired) electrons. The van der Waals surface area contributed by atoms with Crippen LogP contribution in [0.4, 0.5) is 0 Å². The first kappa shape index (κ1) is 11.4. The van der Waals surface area contributed by atoms with Crippen molar-refractivity contribution in [1.82, 2.24) is 10.2 Å². The van der Waals surface area contributed by atoms with Crippen LogP contribution >= 0.6 is 0 Å². The molecular weight excluding hydrogens is 204 g/mol. The molecule has 2 rings (SSSR count). The molecule has 0 aromatic rings. The van der Waals surface area contributed by atoms with Crippen LogP contribution in [0.2, 0.25) is 0 Å². The molecule has 0 aromatic carbocycles. The lowest BCUT2D eigenvalue weighted by Crippen LogP contribution is -2.61. The molecule has 0 spiro atoms. The molecule has 1 N–H and O–H groups in total. The molecule has 0 unspecified atom stereocenters. The Kier molecular flexibility index (Phi) is 2.48. The number of carbonyl (C=O) groups is 2.